The number of methoxy groups -OCH3 is 3. The number of hydrogen-bond donors (Lipinski definition) is 4. The van der Waals surface area contributed by atoms with E-state index in [1.807, 2.05) is 58.1 Å². The Kier molecular flexibility index (Phi) is 22.8. The number of esters is 1. The number of alkyl carbamates (subject to hydrolysis) is 1. The van der Waals surface area contributed by atoms with Crippen LogP contribution in [0.4, 0.5) is 4.79 Å². The quantitative estimate of drug-likeness (QED) is 0.162. The third kappa shape index (κ3) is 15.6. The van der Waals surface area contributed by atoms with E-state index in [9.17, 15) is 39.3 Å². The molecule has 0 spiro atoms. The predicted molar refractivity (Wildman–Crippen MR) is 259 cm³/mol. The van der Waals surface area contributed by atoms with Crippen molar-refractivity contribution >= 4 is 29.5 Å². The fourth-order valence-electron chi connectivity index (χ4n) is 10.5. The number of piperidine rings is 1. The van der Waals surface area contributed by atoms with Crippen molar-refractivity contribution in [3.63, 3.8) is 0 Å². The van der Waals surface area contributed by atoms with Crippen molar-refractivity contribution in [3.05, 3.63) is 47.6 Å². The van der Waals surface area contributed by atoms with Gasteiger partial charge in [0.25, 0.3) is 5.91 Å². The number of carbonyl (C=O) groups excluding carboxylic acids is 5. The maximum absolute atomic E-state index is 14.9. The van der Waals surface area contributed by atoms with Crippen molar-refractivity contribution in [2.45, 2.75) is 186 Å². The summed E-state index contributed by atoms with van der Waals surface area (Å²) in [6.07, 6.45) is 8.25. The average molecular weight is 973 g/mol. The predicted octanol–water partition coefficient (Wildman–Crippen LogP) is 6.34. The van der Waals surface area contributed by atoms with Crippen LogP contribution in [-0.4, -0.2) is 145 Å². The van der Waals surface area contributed by atoms with Gasteiger partial charge in [-0.05, 0) is 107 Å². The lowest BCUT2D eigenvalue weighted by atomic mass is 9.78. The topological polar surface area (TPSA) is 217 Å². The van der Waals surface area contributed by atoms with Crippen molar-refractivity contribution in [2.24, 2.45) is 35.5 Å². The molecule has 16 atom stereocenters. The monoisotopic (exact) mass is 973 g/mol. The molecule has 2 saturated heterocycles. The molecule has 0 radical (unpaired) electrons. The van der Waals surface area contributed by atoms with E-state index in [2.05, 4.69) is 5.32 Å². The number of fused-ring (bicyclic) bond motifs is 3. The van der Waals surface area contributed by atoms with Crippen molar-refractivity contribution in [2.75, 3.05) is 34.9 Å². The molecule has 4 rings (SSSR count). The summed E-state index contributed by atoms with van der Waals surface area (Å²) in [6.45, 7) is 12.8. The molecular weight excluding hydrogens is 889 g/mol. The highest BCUT2D eigenvalue weighted by molar-refractivity contribution is 5.90. The minimum Gasteiger partial charge on any atom is -0.460 e. The van der Waals surface area contributed by atoms with Gasteiger partial charge in [-0.1, -0.05) is 71.1 Å². The normalized spacial score (nSPS) is 39.7. The molecule has 1 unspecified atom stereocenters. The van der Waals surface area contributed by atoms with Gasteiger partial charge in [-0.15, -0.1) is 0 Å². The average Bonchev–Trinajstić information content (AvgIpc) is 3.32. The van der Waals surface area contributed by atoms with Gasteiger partial charge < -0.3 is 54.0 Å². The molecule has 4 N–H and O–H groups in total. The molecule has 16 nitrogen and oxygen atoms in total. The third-order valence-corrected chi connectivity index (χ3v) is 15.1. The van der Waals surface area contributed by atoms with Crippen LogP contribution in [-0.2, 0) is 47.6 Å². The van der Waals surface area contributed by atoms with Gasteiger partial charge in [-0.3, -0.25) is 14.4 Å². The number of aliphatic hydroxyl groups excluding tert-OH is 2. The van der Waals surface area contributed by atoms with E-state index in [1.165, 1.54) is 19.1 Å². The number of allylic oxidation sites excluding steroid dienone is 6. The Morgan fingerprint density at radius 2 is 1.62 bits per heavy atom. The standard InChI is InChI=1S/C53H84N2O14/c1-31-17-13-12-14-18-32(2)43(64-9)29-39-22-20-37(7)53(63,69-39)49(68-52(62)54-8)50(60)55-24-16-15-19-40(55)51(61)67-44(34(4)27-38-21-23-41(56)45(28-38)65-10)30-42(57)33(3)26-36(6)47(59)48(66-11)46(58)35(5)25-31/h12-14,17-18,26,31,33-35,37-41,43-45,47-49,56,59,63H,15-16,19-25,27-30H2,1-11H3,(H,54,62)/b14-12+,17-13+,32-18+,36-26+/t31-,33-,34-,35-,37-,38+,39+,40?,41-,43+,44+,45-,47-,48+,49-,53-/m1/s1. The summed E-state index contributed by atoms with van der Waals surface area (Å²) in [5.74, 6) is -6.48. The van der Waals surface area contributed by atoms with Crippen LogP contribution in [0.2, 0.25) is 0 Å². The summed E-state index contributed by atoms with van der Waals surface area (Å²) in [5, 5.41) is 36.9. The van der Waals surface area contributed by atoms with Crippen LogP contribution in [0.3, 0.4) is 0 Å². The SMILES string of the molecule is CNC(=O)O[C@@H]1C(=O)N2CCCCC2C(=O)O[C@H]([C@H](C)C[C@@H]2CC[C@@H](O)[C@H](OC)C2)CC(=O)[C@H](C)/C=C(\C)[C@@H](O)[C@@H](OC)C(=O)[C@H](C)C[C@H](C)/C=C/C=C/C=C(\C)[C@@H](OC)C[C@@H]2CC[C@@H](C)[C@@]1(O)O2. The van der Waals surface area contributed by atoms with Crippen molar-refractivity contribution in [1.82, 2.24) is 10.2 Å². The number of ether oxygens (including phenoxy) is 6. The lowest BCUT2D eigenvalue weighted by Gasteiger charge is -2.47. The van der Waals surface area contributed by atoms with Crippen LogP contribution in [0.5, 0.6) is 0 Å². The van der Waals surface area contributed by atoms with Gasteiger partial charge in [0, 0.05) is 65.5 Å². The number of ketones is 2. The van der Waals surface area contributed by atoms with Crippen LogP contribution >= 0.6 is 0 Å². The Balaban J connectivity index is 1.77. The van der Waals surface area contributed by atoms with E-state index in [-0.39, 0.29) is 54.8 Å². The van der Waals surface area contributed by atoms with Gasteiger partial charge in [-0.25, -0.2) is 9.59 Å². The van der Waals surface area contributed by atoms with Crippen molar-refractivity contribution in [1.29, 1.82) is 0 Å². The number of carbonyl (C=O) groups is 5. The second-order valence-electron chi connectivity index (χ2n) is 20.4. The maximum Gasteiger partial charge on any atom is 0.407 e. The summed E-state index contributed by atoms with van der Waals surface area (Å²) >= 11 is 0. The first-order valence-corrected chi connectivity index (χ1v) is 25.2. The number of Topliss-reactive ketones (excluding diaryl/α,β-unsaturated/α-hetero) is 2. The molecule has 0 aromatic rings. The zero-order valence-electron chi connectivity index (χ0n) is 43.1. The highest BCUT2D eigenvalue weighted by Gasteiger charge is 2.56. The molecule has 69 heavy (non-hydrogen) atoms. The molecule has 4 aliphatic rings. The largest absolute Gasteiger partial charge is 0.460 e. The van der Waals surface area contributed by atoms with Gasteiger partial charge in [0.1, 0.15) is 30.1 Å². The molecule has 2 bridgehead atoms. The molecule has 3 aliphatic heterocycles. The molecule has 2 amide bonds. The molecule has 1 saturated carbocycles. The molecule has 0 aromatic heterocycles. The Bertz CT molecular complexity index is 1850. The van der Waals surface area contributed by atoms with E-state index < -0.39 is 90.3 Å². The lowest BCUT2D eigenvalue weighted by Crippen LogP contribution is -2.64. The van der Waals surface area contributed by atoms with E-state index >= 15 is 0 Å². The first-order chi connectivity index (χ1) is 32.7. The van der Waals surface area contributed by atoms with Gasteiger partial charge in [0.05, 0.1) is 24.4 Å². The van der Waals surface area contributed by atoms with Crippen molar-refractivity contribution in [3.8, 4) is 0 Å². The summed E-state index contributed by atoms with van der Waals surface area (Å²) in [7, 11) is 5.87. The van der Waals surface area contributed by atoms with E-state index in [4.69, 9.17) is 28.4 Å². The van der Waals surface area contributed by atoms with E-state index in [1.54, 1.807) is 41.1 Å². The zero-order chi connectivity index (χ0) is 51.2. The summed E-state index contributed by atoms with van der Waals surface area (Å²) < 4.78 is 35.6. The minimum atomic E-state index is -2.28. The summed E-state index contributed by atoms with van der Waals surface area (Å²) in [4.78, 5) is 71.8. The third-order valence-electron chi connectivity index (χ3n) is 15.1. The molecule has 0 aromatic carbocycles. The maximum atomic E-state index is 14.9. The van der Waals surface area contributed by atoms with Crippen LogP contribution in [0.25, 0.3) is 0 Å². The van der Waals surface area contributed by atoms with Crippen LogP contribution in [0.1, 0.15) is 126 Å². The number of cyclic esters (lactones) is 1. The first kappa shape index (κ1) is 57.8. The second kappa shape index (κ2) is 27.2. The number of nitrogens with zero attached hydrogens (tertiary/aromatic N) is 1. The lowest BCUT2D eigenvalue weighted by molar-refractivity contribution is -0.316. The Morgan fingerprint density at radius 3 is 2.29 bits per heavy atom. The smallest absolute Gasteiger partial charge is 0.407 e. The highest BCUT2D eigenvalue weighted by Crippen LogP contribution is 2.40. The van der Waals surface area contributed by atoms with Gasteiger partial charge >= 0.3 is 12.1 Å². The highest BCUT2D eigenvalue weighted by atomic mass is 16.7. The van der Waals surface area contributed by atoms with Crippen LogP contribution in [0, 0.1) is 35.5 Å². The van der Waals surface area contributed by atoms with Crippen molar-refractivity contribution < 1.29 is 67.7 Å². The molecule has 1 aliphatic carbocycles. The Labute approximate surface area is 410 Å². The Morgan fingerprint density at radius 1 is 0.899 bits per heavy atom. The number of amides is 2. The van der Waals surface area contributed by atoms with Crippen LogP contribution in [0.15, 0.2) is 47.6 Å². The molecule has 3 fully saturated rings. The van der Waals surface area contributed by atoms with Gasteiger partial charge in [-0.2, -0.15) is 0 Å². The second-order valence-corrected chi connectivity index (χ2v) is 20.4. The van der Waals surface area contributed by atoms with Gasteiger partial charge in [0.2, 0.25) is 11.9 Å². The first-order valence-electron chi connectivity index (χ1n) is 25.2. The molecule has 3 heterocycles. The number of rotatable bonds is 7. The Hall–Kier alpha value is -3.77. The number of aliphatic hydroxyl groups is 3. The van der Waals surface area contributed by atoms with Crippen LogP contribution < -0.4 is 5.32 Å². The van der Waals surface area contributed by atoms with E-state index in [0.717, 1.165) is 5.57 Å². The number of nitrogens with one attached hydrogen (secondary N) is 1. The molecular formula is C53H84N2O14. The van der Waals surface area contributed by atoms with Gasteiger partial charge in [0.15, 0.2) is 5.78 Å². The zero-order valence-corrected chi connectivity index (χ0v) is 43.1. The summed E-state index contributed by atoms with van der Waals surface area (Å²) in [6, 6.07) is -1.14. The fourth-order valence-corrected chi connectivity index (χ4v) is 10.5. The minimum absolute atomic E-state index is 0.00866. The summed E-state index contributed by atoms with van der Waals surface area (Å²) in [5.41, 5.74) is 1.26. The molecule has 16 heteroatoms. The number of hydrogen-bond acceptors (Lipinski definition) is 14. The molecule has 390 valence electrons. The fraction of sp³-hybridized carbons (Fsp3) is 0.755. The van der Waals surface area contributed by atoms with E-state index in [0.29, 0.717) is 69.8 Å².